The maximum Gasteiger partial charge on any atom is 0.240 e. The number of hydrogen-bond donors (Lipinski definition) is 2. The smallest absolute Gasteiger partial charge is 0.240 e. The SMILES string of the molecule is CCOc1ccccc1NC(=O)C1(C(=O)Nc2c(C)cc(C)cc2Cl)CC1. The van der Waals surface area contributed by atoms with Gasteiger partial charge in [0.05, 0.1) is 23.0 Å². The number of carbonyl (C=O) groups is 2. The number of halogens is 1. The van der Waals surface area contributed by atoms with E-state index in [1.807, 2.05) is 39.0 Å². The summed E-state index contributed by atoms with van der Waals surface area (Å²) in [5.41, 5.74) is 1.93. The van der Waals surface area contributed by atoms with Crippen molar-refractivity contribution in [2.24, 2.45) is 5.41 Å². The van der Waals surface area contributed by atoms with Crippen LogP contribution in [0.2, 0.25) is 5.02 Å². The van der Waals surface area contributed by atoms with Gasteiger partial charge in [0.15, 0.2) is 0 Å². The molecule has 2 N–H and O–H groups in total. The number of nitrogens with one attached hydrogen (secondary N) is 2. The topological polar surface area (TPSA) is 67.4 Å². The zero-order chi connectivity index (χ0) is 19.6. The first-order chi connectivity index (χ1) is 12.9. The fourth-order valence-electron chi connectivity index (χ4n) is 3.08. The molecule has 0 aliphatic heterocycles. The van der Waals surface area contributed by atoms with Crippen LogP contribution in [0.4, 0.5) is 11.4 Å². The van der Waals surface area contributed by atoms with Gasteiger partial charge in [0.1, 0.15) is 11.2 Å². The molecule has 2 aromatic rings. The number of carbonyl (C=O) groups excluding carboxylic acids is 2. The highest BCUT2D eigenvalue weighted by molar-refractivity contribution is 6.34. The third-order valence-electron chi connectivity index (χ3n) is 4.72. The summed E-state index contributed by atoms with van der Waals surface area (Å²) in [5.74, 6) is -0.0715. The van der Waals surface area contributed by atoms with Crippen molar-refractivity contribution in [2.45, 2.75) is 33.6 Å². The molecule has 142 valence electrons. The molecule has 27 heavy (non-hydrogen) atoms. The van der Waals surface area contributed by atoms with E-state index in [0.717, 1.165) is 11.1 Å². The summed E-state index contributed by atoms with van der Waals surface area (Å²) < 4.78 is 5.54. The summed E-state index contributed by atoms with van der Waals surface area (Å²) in [7, 11) is 0. The summed E-state index contributed by atoms with van der Waals surface area (Å²) in [6.45, 7) is 6.19. The Morgan fingerprint density at radius 2 is 1.78 bits per heavy atom. The van der Waals surface area contributed by atoms with Crippen LogP contribution in [0.5, 0.6) is 5.75 Å². The number of amides is 2. The van der Waals surface area contributed by atoms with Crippen molar-refractivity contribution in [3.05, 3.63) is 52.5 Å². The molecule has 1 aliphatic carbocycles. The molecule has 0 atom stereocenters. The molecule has 0 bridgehead atoms. The predicted octanol–water partition coefficient (Wildman–Crippen LogP) is 4.71. The number of ether oxygens (including phenoxy) is 1. The number of benzene rings is 2. The Kier molecular flexibility index (Phi) is 5.42. The lowest BCUT2D eigenvalue weighted by atomic mass is 10.0. The minimum atomic E-state index is -1.07. The van der Waals surface area contributed by atoms with Crippen LogP contribution in [0.15, 0.2) is 36.4 Å². The van der Waals surface area contributed by atoms with E-state index < -0.39 is 5.41 Å². The molecule has 1 fully saturated rings. The van der Waals surface area contributed by atoms with Crippen LogP contribution < -0.4 is 15.4 Å². The van der Waals surface area contributed by atoms with E-state index in [1.165, 1.54) is 0 Å². The van der Waals surface area contributed by atoms with Crippen molar-refractivity contribution < 1.29 is 14.3 Å². The molecule has 0 saturated heterocycles. The van der Waals surface area contributed by atoms with Gasteiger partial charge in [-0.2, -0.15) is 0 Å². The highest BCUT2D eigenvalue weighted by atomic mass is 35.5. The standard InChI is InChI=1S/C21H23ClN2O3/c1-4-27-17-8-6-5-7-16(17)23-19(25)21(9-10-21)20(26)24-18-14(3)11-13(2)12-15(18)22/h5-8,11-12H,4,9-10H2,1-3H3,(H,23,25)(H,24,26). The number of hydrogen-bond acceptors (Lipinski definition) is 3. The molecule has 0 aromatic heterocycles. The Morgan fingerprint density at radius 3 is 2.41 bits per heavy atom. The molecule has 0 radical (unpaired) electrons. The van der Waals surface area contributed by atoms with Gasteiger partial charge in [0.2, 0.25) is 11.8 Å². The van der Waals surface area contributed by atoms with Crippen molar-refractivity contribution in [3.63, 3.8) is 0 Å². The largest absolute Gasteiger partial charge is 0.492 e. The van der Waals surface area contributed by atoms with Crippen LogP contribution in [0, 0.1) is 19.3 Å². The highest BCUT2D eigenvalue weighted by Gasteiger charge is 2.56. The highest BCUT2D eigenvalue weighted by Crippen LogP contribution is 2.48. The van der Waals surface area contributed by atoms with Gasteiger partial charge >= 0.3 is 0 Å². The number of anilines is 2. The molecule has 2 amide bonds. The minimum Gasteiger partial charge on any atom is -0.492 e. The Hall–Kier alpha value is -2.53. The Labute approximate surface area is 164 Å². The normalized spacial score (nSPS) is 14.4. The van der Waals surface area contributed by atoms with E-state index in [9.17, 15) is 9.59 Å². The zero-order valence-electron chi connectivity index (χ0n) is 15.7. The lowest BCUT2D eigenvalue weighted by Crippen LogP contribution is -2.36. The van der Waals surface area contributed by atoms with E-state index in [2.05, 4.69) is 10.6 Å². The van der Waals surface area contributed by atoms with Gasteiger partial charge < -0.3 is 15.4 Å². The van der Waals surface area contributed by atoms with Gasteiger partial charge in [0, 0.05) is 0 Å². The van der Waals surface area contributed by atoms with Crippen molar-refractivity contribution >= 4 is 34.8 Å². The van der Waals surface area contributed by atoms with Gasteiger partial charge in [-0.25, -0.2) is 0 Å². The summed E-state index contributed by atoms with van der Waals surface area (Å²) in [5, 5.41) is 6.17. The van der Waals surface area contributed by atoms with Crippen LogP contribution in [-0.2, 0) is 9.59 Å². The maximum atomic E-state index is 12.9. The molecule has 2 aromatic carbocycles. The Bertz CT molecular complexity index is 868. The third kappa shape index (κ3) is 3.93. The van der Waals surface area contributed by atoms with E-state index >= 15 is 0 Å². The fourth-order valence-corrected chi connectivity index (χ4v) is 3.45. The molecule has 1 aliphatic rings. The van der Waals surface area contributed by atoms with E-state index in [1.54, 1.807) is 18.2 Å². The molecule has 0 spiro atoms. The van der Waals surface area contributed by atoms with Crippen LogP contribution in [-0.4, -0.2) is 18.4 Å². The van der Waals surface area contributed by atoms with Gasteiger partial charge in [-0.15, -0.1) is 0 Å². The molecule has 3 rings (SSSR count). The molecule has 0 unspecified atom stereocenters. The number of para-hydroxylation sites is 2. The second kappa shape index (κ2) is 7.61. The first kappa shape index (κ1) is 19.2. The molecular formula is C21H23ClN2O3. The Balaban J connectivity index is 1.77. The van der Waals surface area contributed by atoms with Gasteiger partial charge in [-0.3, -0.25) is 9.59 Å². The number of aryl methyl sites for hydroxylation is 2. The predicted molar refractivity (Wildman–Crippen MR) is 107 cm³/mol. The van der Waals surface area contributed by atoms with E-state index in [4.69, 9.17) is 16.3 Å². The van der Waals surface area contributed by atoms with Gasteiger partial charge in [-0.05, 0) is 62.9 Å². The van der Waals surface area contributed by atoms with Crippen LogP contribution in [0.1, 0.15) is 30.9 Å². The summed E-state index contributed by atoms with van der Waals surface area (Å²) in [6.07, 6.45) is 1.01. The summed E-state index contributed by atoms with van der Waals surface area (Å²) in [6, 6.07) is 10.9. The molecule has 5 nitrogen and oxygen atoms in total. The van der Waals surface area contributed by atoms with Crippen molar-refractivity contribution in [1.82, 2.24) is 0 Å². The lowest BCUT2D eigenvalue weighted by Gasteiger charge is -2.18. The third-order valence-corrected chi connectivity index (χ3v) is 5.02. The van der Waals surface area contributed by atoms with E-state index in [0.29, 0.717) is 41.6 Å². The summed E-state index contributed by atoms with van der Waals surface area (Å²) in [4.78, 5) is 25.7. The monoisotopic (exact) mass is 386 g/mol. The molecule has 0 heterocycles. The van der Waals surface area contributed by atoms with Gasteiger partial charge in [-0.1, -0.05) is 29.8 Å². The second-order valence-corrected chi connectivity index (χ2v) is 7.27. The van der Waals surface area contributed by atoms with Gasteiger partial charge in [0.25, 0.3) is 0 Å². The average molecular weight is 387 g/mol. The van der Waals surface area contributed by atoms with Crippen molar-refractivity contribution in [2.75, 3.05) is 17.2 Å². The lowest BCUT2D eigenvalue weighted by molar-refractivity contribution is -0.131. The number of rotatable bonds is 6. The zero-order valence-corrected chi connectivity index (χ0v) is 16.4. The first-order valence-electron chi connectivity index (χ1n) is 8.99. The fraction of sp³-hybridized carbons (Fsp3) is 0.333. The second-order valence-electron chi connectivity index (χ2n) is 6.86. The molecule has 1 saturated carbocycles. The molecule has 6 heteroatoms. The van der Waals surface area contributed by atoms with E-state index in [-0.39, 0.29) is 11.8 Å². The van der Waals surface area contributed by atoms with Crippen LogP contribution in [0.3, 0.4) is 0 Å². The minimum absolute atomic E-state index is 0.326. The van der Waals surface area contributed by atoms with Crippen molar-refractivity contribution in [1.29, 1.82) is 0 Å². The average Bonchev–Trinajstić information content (AvgIpc) is 3.42. The van der Waals surface area contributed by atoms with Crippen molar-refractivity contribution in [3.8, 4) is 5.75 Å². The quantitative estimate of drug-likeness (QED) is 0.706. The first-order valence-corrected chi connectivity index (χ1v) is 9.36. The van der Waals surface area contributed by atoms with Crippen LogP contribution in [0.25, 0.3) is 0 Å². The summed E-state index contributed by atoms with van der Waals surface area (Å²) >= 11 is 6.28. The molecular weight excluding hydrogens is 364 g/mol. The Morgan fingerprint density at radius 1 is 1.11 bits per heavy atom. The van der Waals surface area contributed by atoms with Crippen LogP contribution >= 0.6 is 11.6 Å². The maximum absolute atomic E-state index is 12.9.